The van der Waals surface area contributed by atoms with E-state index in [1.165, 1.54) is 6.07 Å². The Labute approximate surface area is 140 Å². The lowest BCUT2D eigenvalue weighted by Crippen LogP contribution is -2.32. The highest BCUT2D eigenvalue weighted by Crippen LogP contribution is 2.31. The number of carbonyl (C=O) groups is 2. The molecule has 122 valence electrons. The van der Waals surface area contributed by atoms with Gasteiger partial charge in [0.15, 0.2) is 5.69 Å². The van der Waals surface area contributed by atoms with Crippen molar-refractivity contribution in [3.8, 4) is 0 Å². The molecule has 1 fully saturated rings. The fourth-order valence-corrected chi connectivity index (χ4v) is 3.54. The predicted molar refractivity (Wildman–Crippen MR) is 88.1 cm³/mol. The first kappa shape index (κ1) is 14.8. The van der Waals surface area contributed by atoms with Crippen LogP contribution in [0.25, 0.3) is 10.2 Å². The Hall–Kier alpha value is -2.74. The number of hydrogen-bond acceptors (Lipinski definition) is 5. The highest BCUT2D eigenvalue weighted by molar-refractivity contribution is 7.18. The van der Waals surface area contributed by atoms with E-state index in [0.717, 1.165) is 28.1 Å². The lowest BCUT2D eigenvalue weighted by Gasteiger charge is -2.19. The van der Waals surface area contributed by atoms with Crippen molar-refractivity contribution in [3.63, 3.8) is 0 Å². The van der Waals surface area contributed by atoms with Gasteiger partial charge in [0.2, 0.25) is 0 Å². The zero-order chi connectivity index (χ0) is 16.7. The van der Waals surface area contributed by atoms with Crippen molar-refractivity contribution in [3.05, 3.63) is 46.7 Å². The molecule has 1 amide bonds. The fourth-order valence-electron chi connectivity index (χ4n) is 2.57. The van der Waals surface area contributed by atoms with Crippen molar-refractivity contribution in [2.75, 3.05) is 0 Å². The molecule has 0 saturated heterocycles. The normalized spacial score (nSPS) is 14.0. The molecule has 4 rings (SSSR count). The topological polar surface area (TPSA) is 99.2 Å². The lowest BCUT2D eigenvalue weighted by atomic mass is 10.3. The maximum Gasteiger partial charge on any atom is 0.353 e. The smallest absolute Gasteiger partial charge is 0.353 e. The summed E-state index contributed by atoms with van der Waals surface area (Å²) in [5, 5.41) is 16.0. The molecular weight excluding hydrogens is 328 g/mol. The molecule has 1 saturated carbocycles. The maximum absolute atomic E-state index is 12.7. The molecule has 3 aromatic rings. The van der Waals surface area contributed by atoms with Gasteiger partial charge in [0, 0.05) is 12.1 Å². The Bertz CT molecular complexity index is 895. The summed E-state index contributed by atoms with van der Waals surface area (Å²) in [5.41, 5.74) is 0.961. The first-order valence-corrected chi connectivity index (χ1v) is 8.37. The van der Waals surface area contributed by atoms with Gasteiger partial charge in [0.25, 0.3) is 5.91 Å². The number of hydrogen-bond donors (Lipinski definition) is 2. The number of aromatic amines is 1. The van der Waals surface area contributed by atoms with Crippen LogP contribution in [0, 0.1) is 0 Å². The van der Waals surface area contributed by atoms with Crippen LogP contribution in [0.3, 0.4) is 0 Å². The molecule has 2 heterocycles. The second kappa shape index (κ2) is 5.72. The average molecular weight is 342 g/mol. The summed E-state index contributed by atoms with van der Waals surface area (Å²) >= 11 is 1.57. The lowest BCUT2D eigenvalue weighted by molar-refractivity contribution is 0.0689. The van der Waals surface area contributed by atoms with Crippen LogP contribution in [0.2, 0.25) is 0 Å². The van der Waals surface area contributed by atoms with Crippen LogP contribution in [-0.2, 0) is 6.54 Å². The Morgan fingerprint density at radius 2 is 2.12 bits per heavy atom. The van der Waals surface area contributed by atoms with Gasteiger partial charge in [-0.2, -0.15) is 5.10 Å². The Balaban J connectivity index is 1.59. The van der Waals surface area contributed by atoms with E-state index in [2.05, 4.69) is 15.2 Å². The molecule has 0 spiro atoms. The minimum atomic E-state index is -1.13. The summed E-state index contributed by atoms with van der Waals surface area (Å²) in [6, 6.07) is 9.31. The summed E-state index contributed by atoms with van der Waals surface area (Å²) in [4.78, 5) is 30.0. The van der Waals surface area contributed by atoms with Crippen molar-refractivity contribution in [2.24, 2.45) is 0 Å². The van der Waals surface area contributed by atoms with E-state index in [1.807, 2.05) is 24.3 Å². The Morgan fingerprint density at radius 3 is 2.79 bits per heavy atom. The molecule has 0 bridgehead atoms. The number of carbonyl (C=O) groups excluding carboxylic acids is 1. The van der Waals surface area contributed by atoms with E-state index in [1.54, 1.807) is 16.2 Å². The Kier molecular flexibility index (Phi) is 3.53. The molecule has 7 nitrogen and oxygen atoms in total. The van der Waals surface area contributed by atoms with E-state index in [4.69, 9.17) is 5.11 Å². The molecule has 2 aromatic heterocycles. The van der Waals surface area contributed by atoms with Crippen LogP contribution in [0.5, 0.6) is 0 Å². The van der Waals surface area contributed by atoms with Gasteiger partial charge < -0.3 is 10.0 Å². The van der Waals surface area contributed by atoms with Gasteiger partial charge in [-0.3, -0.25) is 9.89 Å². The van der Waals surface area contributed by atoms with Crippen molar-refractivity contribution in [1.82, 2.24) is 20.1 Å². The summed E-state index contributed by atoms with van der Waals surface area (Å²) in [7, 11) is 0. The third-order valence-electron chi connectivity index (χ3n) is 3.92. The number of H-pyrrole nitrogens is 1. The van der Waals surface area contributed by atoms with Gasteiger partial charge in [0.1, 0.15) is 10.7 Å². The standard InChI is InChI=1S/C16H14N4O3S/c21-15(11-7-12(16(22)23)19-18-11)20(9-5-6-9)8-14-17-10-3-1-2-4-13(10)24-14/h1-4,7,9H,5-6,8H2,(H,18,19)(H,22,23). The third kappa shape index (κ3) is 2.76. The number of nitrogens with one attached hydrogen (secondary N) is 1. The number of fused-ring (bicyclic) bond motifs is 1. The van der Waals surface area contributed by atoms with Crippen LogP contribution in [0.1, 0.15) is 38.8 Å². The number of benzene rings is 1. The van der Waals surface area contributed by atoms with Gasteiger partial charge in [-0.1, -0.05) is 12.1 Å². The van der Waals surface area contributed by atoms with Crippen LogP contribution in [0.15, 0.2) is 30.3 Å². The van der Waals surface area contributed by atoms with E-state index in [9.17, 15) is 9.59 Å². The number of nitrogens with zero attached hydrogens (tertiary/aromatic N) is 3. The van der Waals surface area contributed by atoms with Gasteiger partial charge in [-0.05, 0) is 25.0 Å². The molecule has 0 atom stereocenters. The van der Waals surface area contributed by atoms with Crippen LogP contribution in [-0.4, -0.2) is 43.1 Å². The largest absolute Gasteiger partial charge is 0.477 e. The minimum Gasteiger partial charge on any atom is -0.477 e. The van der Waals surface area contributed by atoms with Crippen molar-refractivity contribution in [1.29, 1.82) is 0 Å². The van der Waals surface area contributed by atoms with Gasteiger partial charge in [-0.15, -0.1) is 11.3 Å². The summed E-state index contributed by atoms with van der Waals surface area (Å²) < 4.78 is 1.09. The van der Waals surface area contributed by atoms with E-state index < -0.39 is 5.97 Å². The molecule has 0 unspecified atom stereocenters. The van der Waals surface area contributed by atoms with Crippen molar-refractivity contribution >= 4 is 33.4 Å². The highest BCUT2D eigenvalue weighted by atomic mass is 32.1. The van der Waals surface area contributed by atoms with Crippen LogP contribution in [0.4, 0.5) is 0 Å². The summed E-state index contributed by atoms with van der Waals surface area (Å²) in [6.45, 7) is 0.415. The second-order valence-corrected chi connectivity index (χ2v) is 6.83. The molecule has 1 aliphatic carbocycles. The third-order valence-corrected chi connectivity index (χ3v) is 4.94. The first-order valence-electron chi connectivity index (χ1n) is 7.56. The molecule has 24 heavy (non-hydrogen) atoms. The number of carboxylic acids is 1. The van der Waals surface area contributed by atoms with Gasteiger partial charge in [0.05, 0.1) is 16.8 Å². The minimum absolute atomic E-state index is 0.0888. The van der Waals surface area contributed by atoms with E-state index >= 15 is 0 Å². The SMILES string of the molecule is O=C(O)c1cc(C(=O)N(Cc2nc3ccccc3s2)C2CC2)n[nH]1. The zero-order valence-electron chi connectivity index (χ0n) is 12.6. The Morgan fingerprint density at radius 1 is 1.33 bits per heavy atom. The summed E-state index contributed by atoms with van der Waals surface area (Å²) in [5.74, 6) is -1.40. The quantitative estimate of drug-likeness (QED) is 0.742. The summed E-state index contributed by atoms with van der Waals surface area (Å²) in [6.07, 6.45) is 1.90. The molecule has 2 N–H and O–H groups in total. The fraction of sp³-hybridized carbons (Fsp3) is 0.250. The maximum atomic E-state index is 12.7. The number of amides is 1. The van der Waals surface area contributed by atoms with Crippen molar-refractivity contribution in [2.45, 2.75) is 25.4 Å². The van der Waals surface area contributed by atoms with Gasteiger partial charge >= 0.3 is 5.97 Å². The predicted octanol–water partition coefficient (Wildman–Crippen LogP) is 2.52. The van der Waals surface area contributed by atoms with Crippen molar-refractivity contribution < 1.29 is 14.7 Å². The molecule has 0 aliphatic heterocycles. The molecule has 8 heteroatoms. The van der Waals surface area contributed by atoms with Crippen LogP contribution < -0.4 is 0 Å². The molecule has 1 aromatic carbocycles. The monoisotopic (exact) mass is 342 g/mol. The average Bonchev–Trinajstić information content (AvgIpc) is 3.13. The van der Waals surface area contributed by atoms with E-state index in [0.29, 0.717) is 6.54 Å². The number of carboxylic acid groups (broad SMARTS) is 1. The molecule has 0 radical (unpaired) electrons. The highest BCUT2D eigenvalue weighted by Gasteiger charge is 2.34. The number of aromatic nitrogens is 3. The number of thiazole rings is 1. The first-order chi connectivity index (χ1) is 11.6. The number of para-hydroxylation sites is 1. The van der Waals surface area contributed by atoms with Crippen LogP contribution >= 0.6 is 11.3 Å². The zero-order valence-corrected chi connectivity index (χ0v) is 13.4. The molecule has 1 aliphatic rings. The molecular formula is C16H14N4O3S. The van der Waals surface area contributed by atoms with E-state index in [-0.39, 0.29) is 23.3 Å². The van der Waals surface area contributed by atoms with Gasteiger partial charge in [-0.25, -0.2) is 9.78 Å². The number of rotatable bonds is 5. The number of aromatic carboxylic acids is 1. The second-order valence-electron chi connectivity index (χ2n) is 5.71.